The summed E-state index contributed by atoms with van der Waals surface area (Å²) in [4.78, 5) is 8.51. The van der Waals surface area contributed by atoms with E-state index in [-0.39, 0.29) is 11.1 Å². The molecule has 0 aliphatic heterocycles. The van der Waals surface area contributed by atoms with Crippen LogP contribution in [0.25, 0.3) is 10.9 Å². The number of anilines is 2. The summed E-state index contributed by atoms with van der Waals surface area (Å²) in [7, 11) is 0. The van der Waals surface area contributed by atoms with Crippen molar-refractivity contribution in [2.45, 2.75) is 13.0 Å². The minimum Gasteiger partial charge on any atom is -0.320 e. The zero-order valence-corrected chi connectivity index (χ0v) is 14.9. The number of nitrogens with zero attached hydrogens (tertiary/aromatic N) is 4. The molecule has 0 saturated heterocycles. The van der Waals surface area contributed by atoms with E-state index in [9.17, 15) is 8.78 Å². The molecule has 3 rings (SSSR count). The lowest BCUT2D eigenvalue weighted by atomic mass is 10.2. The Balaban J connectivity index is 1.90. The molecule has 10 heteroatoms. The number of aromatic nitrogens is 4. The van der Waals surface area contributed by atoms with Gasteiger partial charge in [-0.15, -0.1) is 0 Å². The molecule has 0 radical (unpaired) electrons. The minimum absolute atomic E-state index is 0.0692. The predicted octanol–water partition coefficient (Wildman–Crippen LogP) is 4.75. The van der Waals surface area contributed by atoms with Crippen LogP contribution in [0.2, 0.25) is 10.2 Å². The molecule has 0 aliphatic carbocycles. The van der Waals surface area contributed by atoms with Gasteiger partial charge in [-0.2, -0.15) is 5.10 Å². The van der Waals surface area contributed by atoms with E-state index in [0.29, 0.717) is 16.2 Å². The maximum Gasteiger partial charge on any atom is 0.257 e. The van der Waals surface area contributed by atoms with Crippen LogP contribution in [-0.2, 0) is 6.54 Å². The fourth-order valence-corrected chi connectivity index (χ4v) is 2.75. The van der Waals surface area contributed by atoms with E-state index >= 15 is 0 Å². The first-order chi connectivity index (χ1) is 10.9. The van der Waals surface area contributed by atoms with Gasteiger partial charge in [0, 0.05) is 15.2 Å². The molecule has 0 spiro atoms. The topological polar surface area (TPSA) is 55.6 Å². The van der Waals surface area contributed by atoms with E-state index in [2.05, 4.69) is 43.0 Å². The Labute approximate surface area is 153 Å². The van der Waals surface area contributed by atoms with Gasteiger partial charge in [-0.3, -0.25) is 0 Å². The first-order valence-electron chi connectivity index (χ1n) is 6.32. The zero-order valence-electron chi connectivity index (χ0n) is 11.3. The highest BCUT2D eigenvalue weighted by Gasteiger charge is 2.14. The summed E-state index contributed by atoms with van der Waals surface area (Å²) in [5.41, 5.74) is 1.06. The third-order valence-corrected chi connectivity index (χ3v) is 4.88. The molecule has 1 N–H and O–H groups in total. The van der Waals surface area contributed by atoms with Gasteiger partial charge < -0.3 is 5.32 Å². The van der Waals surface area contributed by atoms with Gasteiger partial charge in [0.2, 0.25) is 5.95 Å². The molecule has 0 atom stereocenters. The van der Waals surface area contributed by atoms with Crippen molar-refractivity contribution in [1.29, 1.82) is 0 Å². The Morgan fingerprint density at radius 2 is 2.04 bits per heavy atom. The molecular formula is C13H8Cl2F2IN5. The Kier molecular flexibility index (Phi) is 4.83. The number of alkyl halides is 2. The largest absolute Gasteiger partial charge is 0.320 e. The molecule has 0 unspecified atom stereocenters. The molecule has 1 aromatic carbocycles. The van der Waals surface area contributed by atoms with Gasteiger partial charge in [0.05, 0.1) is 22.4 Å². The van der Waals surface area contributed by atoms with Crippen molar-refractivity contribution in [2.75, 3.05) is 5.32 Å². The van der Waals surface area contributed by atoms with Crippen molar-refractivity contribution < 1.29 is 8.78 Å². The average molecular weight is 470 g/mol. The monoisotopic (exact) mass is 469 g/mol. The molecular weight excluding hydrogens is 462 g/mol. The summed E-state index contributed by atoms with van der Waals surface area (Å²) in [6.45, 7) is -0.574. The maximum absolute atomic E-state index is 12.4. The molecule has 0 bridgehead atoms. The fourth-order valence-electron chi connectivity index (χ4n) is 1.92. The van der Waals surface area contributed by atoms with E-state index in [0.717, 1.165) is 13.6 Å². The van der Waals surface area contributed by atoms with Gasteiger partial charge in [-0.25, -0.2) is 23.4 Å². The average Bonchev–Trinajstić information content (AvgIpc) is 2.81. The molecule has 2 aromatic heterocycles. The highest BCUT2D eigenvalue weighted by molar-refractivity contribution is 14.1. The standard InChI is InChI=1S/C13H8Cl2F2IN5/c14-7-1-6-3-19-13(21-9(6)2-8(7)18)22-10-4-20-23(12(10)15)5-11(16)17/h1-4,11H,5H2,(H,19,21,22). The van der Waals surface area contributed by atoms with Crippen LogP contribution in [0.15, 0.2) is 24.5 Å². The summed E-state index contributed by atoms with van der Waals surface area (Å²) >= 11 is 14.2. The van der Waals surface area contributed by atoms with E-state index in [4.69, 9.17) is 23.2 Å². The van der Waals surface area contributed by atoms with E-state index in [1.165, 1.54) is 6.20 Å². The zero-order chi connectivity index (χ0) is 16.6. The van der Waals surface area contributed by atoms with E-state index in [1.54, 1.807) is 12.3 Å². The molecule has 0 amide bonds. The Morgan fingerprint density at radius 1 is 1.26 bits per heavy atom. The highest BCUT2D eigenvalue weighted by Crippen LogP contribution is 2.27. The summed E-state index contributed by atoms with van der Waals surface area (Å²) in [6.07, 6.45) is 0.428. The molecule has 120 valence electrons. The summed E-state index contributed by atoms with van der Waals surface area (Å²) in [5, 5.41) is 8.17. The van der Waals surface area contributed by atoms with E-state index < -0.39 is 13.0 Å². The second-order valence-electron chi connectivity index (χ2n) is 4.57. The van der Waals surface area contributed by atoms with Crippen LogP contribution in [0.1, 0.15) is 0 Å². The third-order valence-electron chi connectivity index (χ3n) is 2.95. The number of benzene rings is 1. The molecule has 23 heavy (non-hydrogen) atoms. The number of halogens is 5. The van der Waals surface area contributed by atoms with Crippen LogP contribution >= 0.6 is 45.8 Å². The second-order valence-corrected chi connectivity index (χ2v) is 6.49. The molecule has 0 aliphatic rings. The Bertz CT molecular complexity index is 871. The summed E-state index contributed by atoms with van der Waals surface area (Å²) in [6, 6.07) is 3.60. The van der Waals surface area contributed by atoms with Crippen LogP contribution in [0.4, 0.5) is 20.4 Å². The van der Waals surface area contributed by atoms with Gasteiger partial charge in [0.15, 0.2) is 5.15 Å². The fraction of sp³-hybridized carbons (Fsp3) is 0.154. The third kappa shape index (κ3) is 3.64. The van der Waals surface area contributed by atoms with Gasteiger partial charge >= 0.3 is 0 Å². The molecule has 5 nitrogen and oxygen atoms in total. The van der Waals surface area contributed by atoms with Crippen LogP contribution in [0.5, 0.6) is 0 Å². The normalized spacial score (nSPS) is 11.4. The van der Waals surface area contributed by atoms with Gasteiger partial charge in [-0.05, 0) is 34.7 Å². The van der Waals surface area contributed by atoms with Crippen molar-refractivity contribution in [3.8, 4) is 0 Å². The number of fused-ring (bicyclic) bond motifs is 1. The number of rotatable bonds is 4. The summed E-state index contributed by atoms with van der Waals surface area (Å²) < 4.78 is 26.7. The first kappa shape index (κ1) is 16.6. The number of nitrogens with one attached hydrogen (secondary N) is 1. The highest BCUT2D eigenvalue weighted by atomic mass is 127. The molecule has 2 heterocycles. The lowest BCUT2D eigenvalue weighted by Crippen LogP contribution is -2.08. The van der Waals surface area contributed by atoms with Crippen molar-refractivity contribution in [2.24, 2.45) is 0 Å². The molecule has 3 aromatic rings. The SMILES string of the molecule is FC(F)Cn1ncc(Nc2ncc3cc(Cl)c(I)cc3n2)c1Cl. The van der Waals surface area contributed by atoms with Crippen molar-refractivity contribution in [1.82, 2.24) is 19.7 Å². The van der Waals surface area contributed by atoms with Crippen LogP contribution in [0, 0.1) is 3.57 Å². The Hall–Kier alpha value is -1.26. The van der Waals surface area contributed by atoms with E-state index in [1.807, 2.05) is 6.07 Å². The lowest BCUT2D eigenvalue weighted by Gasteiger charge is -2.06. The van der Waals surface area contributed by atoms with Gasteiger partial charge in [0.25, 0.3) is 6.43 Å². The van der Waals surface area contributed by atoms with Crippen molar-refractivity contribution in [3.05, 3.63) is 38.3 Å². The second kappa shape index (κ2) is 6.70. The number of hydrogen-bond acceptors (Lipinski definition) is 4. The van der Waals surface area contributed by atoms with Crippen LogP contribution in [0.3, 0.4) is 0 Å². The molecule has 0 fully saturated rings. The Morgan fingerprint density at radius 3 is 2.78 bits per heavy atom. The van der Waals surface area contributed by atoms with Crippen LogP contribution < -0.4 is 5.32 Å². The van der Waals surface area contributed by atoms with Crippen LogP contribution in [-0.4, -0.2) is 26.2 Å². The van der Waals surface area contributed by atoms with Crippen molar-refractivity contribution in [3.63, 3.8) is 0 Å². The van der Waals surface area contributed by atoms with Gasteiger partial charge in [0.1, 0.15) is 6.54 Å². The summed E-state index contributed by atoms with van der Waals surface area (Å²) in [5.74, 6) is 0.286. The lowest BCUT2D eigenvalue weighted by molar-refractivity contribution is 0.122. The first-order valence-corrected chi connectivity index (χ1v) is 8.16. The van der Waals surface area contributed by atoms with Gasteiger partial charge in [-0.1, -0.05) is 23.2 Å². The maximum atomic E-state index is 12.4. The predicted molar refractivity (Wildman–Crippen MR) is 93.8 cm³/mol. The minimum atomic E-state index is -2.54. The quantitative estimate of drug-likeness (QED) is 0.560. The number of hydrogen-bond donors (Lipinski definition) is 1. The smallest absolute Gasteiger partial charge is 0.257 e. The molecule has 0 saturated carbocycles. The van der Waals surface area contributed by atoms with Crippen molar-refractivity contribution >= 4 is 68.3 Å².